The summed E-state index contributed by atoms with van der Waals surface area (Å²) in [7, 11) is 1.51. The number of carbonyl (C=O) groups excluding carboxylic acids is 1. The van der Waals surface area contributed by atoms with Gasteiger partial charge in [-0.25, -0.2) is 0 Å². The van der Waals surface area contributed by atoms with E-state index in [0.717, 1.165) is 47.9 Å². The number of allylic oxidation sites excluding steroid dienone is 1. The van der Waals surface area contributed by atoms with E-state index in [4.69, 9.17) is 23.8 Å². The molecule has 2 aliphatic carbocycles. The molecule has 0 bridgehead atoms. The molecule has 64 heavy (non-hydrogen) atoms. The van der Waals surface area contributed by atoms with Gasteiger partial charge in [0, 0.05) is 43.2 Å². The van der Waals surface area contributed by atoms with Crippen molar-refractivity contribution in [3.05, 3.63) is 138 Å². The Morgan fingerprint density at radius 1 is 0.906 bits per heavy atom. The maximum atomic E-state index is 15.0. The van der Waals surface area contributed by atoms with Gasteiger partial charge in [-0.3, -0.25) is 4.79 Å². The highest BCUT2D eigenvalue weighted by Crippen LogP contribution is 2.62. The number of hydrogen-bond acceptors (Lipinski definition) is 11. The number of unbranched alkanes of at least 4 members (excludes halogenated alkanes) is 2. The summed E-state index contributed by atoms with van der Waals surface area (Å²) >= 11 is 0. The first kappa shape index (κ1) is 46.2. The Morgan fingerprint density at radius 2 is 1.62 bits per heavy atom. The zero-order chi connectivity index (χ0) is 44.9. The maximum Gasteiger partial charge on any atom is 0.254 e. The van der Waals surface area contributed by atoms with E-state index in [1.165, 1.54) is 7.11 Å². The van der Waals surface area contributed by atoms with E-state index in [2.05, 4.69) is 42.1 Å². The second kappa shape index (κ2) is 22.2. The summed E-state index contributed by atoms with van der Waals surface area (Å²) in [6.07, 6.45) is 8.65. The molecule has 1 fully saturated rings. The minimum Gasteiger partial charge on any atom is -0.459 e. The van der Waals surface area contributed by atoms with E-state index in [1.54, 1.807) is 35.2 Å². The van der Waals surface area contributed by atoms with Gasteiger partial charge < -0.3 is 44.0 Å². The molecule has 3 aliphatic rings. The van der Waals surface area contributed by atoms with Gasteiger partial charge in [-0.05, 0) is 109 Å². The van der Waals surface area contributed by atoms with Gasteiger partial charge in [0.1, 0.15) is 30.4 Å². The van der Waals surface area contributed by atoms with Crippen LogP contribution in [0.1, 0.15) is 72.3 Å². The van der Waals surface area contributed by atoms with Crippen LogP contribution in [0.2, 0.25) is 0 Å². The highest BCUT2D eigenvalue weighted by molar-refractivity contribution is 6.03. The van der Waals surface area contributed by atoms with Crippen LogP contribution in [0, 0.1) is 29.1 Å². The number of aliphatic hydroxyl groups excluding tert-OH is 3. The van der Waals surface area contributed by atoms with E-state index in [0.29, 0.717) is 46.9 Å². The van der Waals surface area contributed by atoms with Crippen molar-refractivity contribution in [3.63, 3.8) is 0 Å². The summed E-state index contributed by atoms with van der Waals surface area (Å²) < 4.78 is 26.8. The summed E-state index contributed by atoms with van der Waals surface area (Å²) in [4.78, 5) is 22.3. The number of amides is 1. The molecule has 0 aromatic heterocycles. The lowest BCUT2D eigenvalue weighted by Crippen LogP contribution is -2.70. The number of carbonyl (C=O) groups is 1. The van der Waals surface area contributed by atoms with Crippen molar-refractivity contribution in [3.8, 4) is 34.4 Å². The first-order valence-electron chi connectivity index (χ1n) is 22.3. The second-order valence-corrected chi connectivity index (χ2v) is 16.5. The van der Waals surface area contributed by atoms with Crippen LogP contribution < -0.4 is 9.47 Å². The Bertz CT molecular complexity index is 2270. The fraction of sp³-hybridized carbons (Fsp3) is 0.404. The Kier molecular flexibility index (Phi) is 16.0. The summed E-state index contributed by atoms with van der Waals surface area (Å²) in [5, 5.41) is 43.7. The third kappa shape index (κ3) is 10.1. The van der Waals surface area contributed by atoms with Crippen LogP contribution in [0.25, 0.3) is 11.1 Å². The average molecular weight is 870 g/mol. The number of rotatable bonds is 22. The molecule has 4 aromatic carbocycles. The van der Waals surface area contributed by atoms with Crippen molar-refractivity contribution in [1.82, 2.24) is 4.90 Å². The number of fused-ring (bicyclic) bond motifs is 2. The molecule has 12 nitrogen and oxygen atoms in total. The average Bonchev–Trinajstić information content (AvgIpc) is 3.33. The number of hydrogen-bond donors (Lipinski definition) is 3. The maximum absolute atomic E-state index is 15.0. The van der Waals surface area contributed by atoms with Crippen LogP contribution in [0.4, 0.5) is 0 Å². The highest BCUT2D eigenvalue weighted by atomic mass is 16.7. The number of nitriles is 1. The van der Waals surface area contributed by atoms with Crippen molar-refractivity contribution in [2.75, 3.05) is 53.3 Å². The Labute approximate surface area is 376 Å². The van der Waals surface area contributed by atoms with Crippen LogP contribution in [0.5, 0.6) is 17.2 Å². The molecule has 0 spiro atoms. The SMILES string of the molecule is C=CCOC12Oc3ccc(Oc4ccc(-c5ccccc5)cc4)cc3C3C(CCCCO)C(CCCCO)C=C(C(=NOC)CC1N(CCOCCO)C(=O)c1ccc(C#N)cc1)C32. The molecule has 0 radical (unpaired) electrons. The first-order chi connectivity index (χ1) is 31.4. The molecular weight excluding hydrogens is 811 g/mol. The van der Waals surface area contributed by atoms with Crippen LogP contribution >= 0.6 is 0 Å². The quantitative estimate of drug-likeness (QED) is 0.0397. The zero-order valence-electron chi connectivity index (χ0n) is 36.5. The van der Waals surface area contributed by atoms with E-state index < -0.39 is 17.7 Å². The van der Waals surface area contributed by atoms with E-state index in [9.17, 15) is 25.4 Å². The van der Waals surface area contributed by atoms with E-state index in [-0.39, 0.29) is 76.3 Å². The van der Waals surface area contributed by atoms with Crippen LogP contribution in [0.3, 0.4) is 0 Å². The predicted molar refractivity (Wildman–Crippen MR) is 244 cm³/mol. The third-order valence-corrected chi connectivity index (χ3v) is 12.7. The van der Waals surface area contributed by atoms with Crippen LogP contribution in [-0.4, -0.2) is 97.0 Å². The first-order valence-corrected chi connectivity index (χ1v) is 22.3. The predicted octanol–water partition coefficient (Wildman–Crippen LogP) is 8.43. The molecule has 1 saturated carbocycles. The molecular formula is C52H59N3O9. The van der Waals surface area contributed by atoms with Gasteiger partial charge in [0.15, 0.2) is 0 Å². The molecule has 1 heterocycles. The zero-order valence-corrected chi connectivity index (χ0v) is 36.5. The fourth-order valence-electron chi connectivity index (χ4n) is 9.89. The fourth-order valence-corrected chi connectivity index (χ4v) is 9.89. The van der Waals surface area contributed by atoms with E-state index >= 15 is 0 Å². The lowest BCUT2D eigenvalue weighted by Gasteiger charge is -2.60. The molecule has 6 atom stereocenters. The number of benzene rings is 4. The van der Waals surface area contributed by atoms with Crippen molar-refractivity contribution >= 4 is 11.6 Å². The van der Waals surface area contributed by atoms with Gasteiger partial charge >= 0.3 is 0 Å². The molecule has 3 N–H and O–H groups in total. The number of nitrogens with zero attached hydrogens (tertiary/aromatic N) is 3. The van der Waals surface area contributed by atoms with Gasteiger partial charge in [0.25, 0.3) is 5.91 Å². The molecule has 1 aliphatic heterocycles. The van der Waals surface area contributed by atoms with Gasteiger partial charge in [0.05, 0.1) is 49.7 Å². The Hall–Kier alpha value is -5.81. The standard InChI is InChI=1S/C52H59N3O9/c1-3-29-62-52-48(55(25-30-61-31-28-58)51(59)39-17-15-36(35-53)16-18-39)34-46(54-60-2)44-32-40(13-7-9-26-56)43(14-8-10-27-57)49(50(44)52)45-33-42(23-24-47(45)64-52)63-41-21-19-38(20-22-41)37-11-5-4-6-12-37/h3-6,11-12,15-24,32-33,40,43,48-50,56-58H,1,7-10,13-14,25-31,34H2,2H3. The monoisotopic (exact) mass is 869 g/mol. The largest absolute Gasteiger partial charge is 0.459 e. The van der Waals surface area contributed by atoms with Gasteiger partial charge in [-0.2, -0.15) is 5.26 Å². The Morgan fingerprint density at radius 3 is 2.31 bits per heavy atom. The smallest absolute Gasteiger partial charge is 0.254 e. The highest BCUT2D eigenvalue weighted by Gasteiger charge is 2.65. The van der Waals surface area contributed by atoms with Crippen molar-refractivity contribution in [2.24, 2.45) is 22.9 Å². The second-order valence-electron chi connectivity index (χ2n) is 16.5. The lowest BCUT2D eigenvalue weighted by molar-refractivity contribution is -0.254. The number of oxime groups is 1. The molecule has 4 aromatic rings. The van der Waals surface area contributed by atoms with E-state index in [1.807, 2.05) is 54.6 Å². The summed E-state index contributed by atoms with van der Waals surface area (Å²) in [5.41, 5.74) is 5.49. The minimum absolute atomic E-state index is 0.0202. The summed E-state index contributed by atoms with van der Waals surface area (Å²) in [6.45, 7) is 4.44. The topological polar surface area (TPSA) is 163 Å². The molecule has 0 saturated heterocycles. The van der Waals surface area contributed by atoms with Gasteiger partial charge in [-0.1, -0.05) is 72.6 Å². The molecule has 1 amide bonds. The minimum atomic E-state index is -1.48. The third-order valence-electron chi connectivity index (χ3n) is 12.7. The number of ether oxygens (including phenoxy) is 4. The molecule has 7 rings (SSSR count). The van der Waals surface area contributed by atoms with Gasteiger partial charge in [-0.15, -0.1) is 6.58 Å². The van der Waals surface area contributed by atoms with Crippen molar-refractivity contribution < 1.29 is 43.9 Å². The summed E-state index contributed by atoms with van der Waals surface area (Å²) in [6, 6.07) is 31.9. The lowest BCUT2D eigenvalue weighted by atomic mass is 9.55. The molecule has 12 heteroatoms. The summed E-state index contributed by atoms with van der Waals surface area (Å²) in [5.74, 6) is -0.588. The molecule has 6 unspecified atom stereocenters. The van der Waals surface area contributed by atoms with Gasteiger partial charge in [0.2, 0.25) is 5.79 Å². The molecule has 336 valence electrons. The number of aliphatic hydroxyl groups is 3. The normalized spacial score (nSPS) is 22.6. The van der Waals surface area contributed by atoms with Crippen molar-refractivity contribution in [2.45, 2.75) is 62.7 Å². The van der Waals surface area contributed by atoms with Crippen LogP contribution in [-0.2, 0) is 14.3 Å². The Balaban J connectivity index is 1.40. The van der Waals surface area contributed by atoms with Crippen LogP contribution in [0.15, 0.2) is 127 Å². The van der Waals surface area contributed by atoms with Crippen molar-refractivity contribution in [1.29, 1.82) is 5.26 Å².